The molecule has 0 saturated heterocycles. The minimum absolute atomic E-state index is 0.0826. The molecule has 0 fully saturated rings. The Kier molecular flexibility index (Phi) is 5.74. The van der Waals surface area contributed by atoms with E-state index < -0.39 is 16.7 Å². The third-order valence-corrected chi connectivity index (χ3v) is 5.74. The van der Waals surface area contributed by atoms with Crippen LogP contribution in [0, 0.1) is 30.9 Å². The van der Waals surface area contributed by atoms with E-state index in [1.54, 1.807) is 24.3 Å². The maximum Gasteiger partial charge on any atom is 0.282 e. The summed E-state index contributed by atoms with van der Waals surface area (Å²) in [6.07, 6.45) is 0. The summed E-state index contributed by atoms with van der Waals surface area (Å²) >= 11 is 6.15. The first-order chi connectivity index (χ1) is 15.7. The highest BCUT2D eigenvalue weighted by molar-refractivity contribution is 6.46. The van der Waals surface area contributed by atoms with Gasteiger partial charge in [-0.2, -0.15) is 0 Å². The number of nitrogens with one attached hydrogen (secondary N) is 1. The maximum atomic E-state index is 13.6. The number of anilines is 2. The fourth-order valence-corrected chi connectivity index (χ4v) is 3.97. The van der Waals surface area contributed by atoms with Gasteiger partial charge in [-0.1, -0.05) is 35.4 Å². The van der Waals surface area contributed by atoms with Crippen molar-refractivity contribution in [3.63, 3.8) is 0 Å². The summed E-state index contributed by atoms with van der Waals surface area (Å²) < 4.78 is 0. The van der Waals surface area contributed by atoms with Crippen LogP contribution in [0.1, 0.15) is 22.3 Å². The van der Waals surface area contributed by atoms with E-state index in [9.17, 15) is 19.7 Å². The number of hydrogen-bond acceptors (Lipinski definition) is 5. The molecule has 2 amide bonds. The van der Waals surface area contributed by atoms with Crippen LogP contribution in [0.3, 0.4) is 0 Å². The lowest BCUT2D eigenvalue weighted by Crippen LogP contribution is -2.33. The zero-order chi connectivity index (χ0) is 23.9. The maximum absolute atomic E-state index is 13.6. The molecule has 1 aliphatic rings. The van der Waals surface area contributed by atoms with Gasteiger partial charge in [0.1, 0.15) is 5.70 Å². The van der Waals surface area contributed by atoms with Gasteiger partial charge in [-0.15, -0.1) is 0 Å². The van der Waals surface area contributed by atoms with Crippen LogP contribution in [0.5, 0.6) is 0 Å². The smallest absolute Gasteiger partial charge is 0.282 e. The molecular formula is C25H20ClN3O4. The van der Waals surface area contributed by atoms with Crippen LogP contribution in [0.15, 0.2) is 66.4 Å². The number of aryl methyl sites for hydroxylation is 3. The van der Waals surface area contributed by atoms with Gasteiger partial charge < -0.3 is 5.32 Å². The van der Waals surface area contributed by atoms with E-state index in [1.165, 1.54) is 24.3 Å². The van der Waals surface area contributed by atoms with Gasteiger partial charge in [-0.05, 0) is 67.8 Å². The van der Waals surface area contributed by atoms with Crippen LogP contribution in [0.2, 0.25) is 5.02 Å². The largest absolute Gasteiger partial charge is 0.350 e. The van der Waals surface area contributed by atoms with Gasteiger partial charge in [0.15, 0.2) is 0 Å². The van der Waals surface area contributed by atoms with Crippen molar-refractivity contribution in [2.45, 2.75) is 20.8 Å². The van der Waals surface area contributed by atoms with Crippen molar-refractivity contribution < 1.29 is 14.5 Å². The Hall–Kier alpha value is -3.97. The Labute approximate surface area is 195 Å². The fourth-order valence-electron chi connectivity index (χ4n) is 3.80. The first-order valence-electron chi connectivity index (χ1n) is 10.2. The molecule has 0 unspecified atom stereocenters. The number of nitro benzene ring substituents is 1. The predicted molar refractivity (Wildman–Crippen MR) is 128 cm³/mol. The Balaban J connectivity index is 1.86. The highest BCUT2D eigenvalue weighted by Gasteiger charge is 2.41. The third-order valence-electron chi connectivity index (χ3n) is 5.50. The molecular weight excluding hydrogens is 442 g/mol. The van der Waals surface area contributed by atoms with Crippen LogP contribution in [0.4, 0.5) is 17.1 Å². The molecule has 1 aliphatic heterocycles. The fraction of sp³-hybridized carbons (Fsp3) is 0.120. The molecule has 166 valence electrons. The van der Waals surface area contributed by atoms with Crippen molar-refractivity contribution in [2.24, 2.45) is 0 Å². The lowest BCUT2D eigenvalue weighted by Gasteiger charge is -2.18. The number of nitrogens with zero attached hydrogens (tertiary/aromatic N) is 2. The molecule has 0 radical (unpaired) electrons. The highest BCUT2D eigenvalue weighted by atomic mass is 35.5. The van der Waals surface area contributed by atoms with Gasteiger partial charge in [-0.3, -0.25) is 19.7 Å². The normalized spacial score (nSPS) is 13.6. The summed E-state index contributed by atoms with van der Waals surface area (Å²) in [5.74, 6) is -1.03. The monoisotopic (exact) mass is 461 g/mol. The summed E-state index contributed by atoms with van der Waals surface area (Å²) in [6, 6.07) is 16.2. The number of rotatable bonds is 5. The standard InChI is InChI=1S/C25H20ClN3O4/c1-14-4-11-21(16(3)12-14)28-24(30)22(17-6-9-19(10-7-17)29(32)33)23(25(28)31)27-20-13-18(26)8-5-15(20)2/h4-13,27H,1-3H3. The number of imide groups is 1. The molecule has 1 heterocycles. The number of benzene rings is 3. The summed E-state index contributed by atoms with van der Waals surface area (Å²) in [7, 11) is 0. The second-order valence-electron chi connectivity index (χ2n) is 7.87. The molecule has 0 aliphatic carbocycles. The van der Waals surface area contributed by atoms with Crippen LogP contribution in [-0.2, 0) is 9.59 Å². The molecule has 3 aromatic carbocycles. The van der Waals surface area contributed by atoms with E-state index in [0.717, 1.165) is 21.6 Å². The minimum atomic E-state index is -0.518. The van der Waals surface area contributed by atoms with Crippen LogP contribution in [-0.4, -0.2) is 16.7 Å². The van der Waals surface area contributed by atoms with E-state index in [0.29, 0.717) is 22.0 Å². The summed E-state index contributed by atoms with van der Waals surface area (Å²) in [5.41, 5.74) is 4.19. The molecule has 7 nitrogen and oxygen atoms in total. The number of amides is 2. The van der Waals surface area contributed by atoms with E-state index in [4.69, 9.17) is 11.6 Å². The van der Waals surface area contributed by atoms with Crippen molar-refractivity contribution >= 4 is 46.1 Å². The topological polar surface area (TPSA) is 92.6 Å². The van der Waals surface area contributed by atoms with Gasteiger partial charge in [-0.25, -0.2) is 4.90 Å². The van der Waals surface area contributed by atoms with Gasteiger partial charge in [0.05, 0.1) is 16.2 Å². The van der Waals surface area contributed by atoms with Crippen LogP contribution >= 0.6 is 11.6 Å². The zero-order valence-electron chi connectivity index (χ0n) is 18.2. The quantitative estimate of drug-likeness (QED) is 0.304. The number of carbonyl (C=O) groups is 2. The second kappa shape index (κ2) is 8.52. The Morgan fingerprint density at radius 1 is 0.879 bits per heavy atom. The minimum Gasteiger partial charge on any atom is -0.350 e. The van der Waals surface area contributed by atoms with Crippen molar-refractivity contribution in [1.29, 1.82) is 0 Å². The van der Waals surface area contributed by atoms with Crippen LogP contribution < -0.4 is 10.2 Å². The SMILES string of the molecule is Cc1ccc(N2C(=O)C(Nc3cc(Cl)ccc3C)=C(c3ccc([N+](=O)[O-])cc3)C2=O)c(C)c1. The van der Waals surface area contributed by atoms with Crippen molar-refractivity contribution in [1.82, 2.24) is 0 Å². The summed E-state index contributed by atoms with van der Waals surface area (Å²) in [5, 5.41) is 14.6. The van der Waals surface area contributed by atoms with Gasteiger partial charge >= 0.3 is 0 Å². The van der Waals surface area contributed by atoms with Gasteiger partial charge in [0, 0.05) is 22.8 Å². The molecule has 8 heteroatoms. The van der Waals surface area contributed by atoms with Crippen LogP contribution in [0.25, 0.3) is 5.57 Å². The Morgan fingerprint density at radius 3 is 2.21 bits per heavy atom. The highest BCUT2D eigenvalue weighted by Crippen LogP contribution is 2.36. The molecule has 1 N–H and O–H groups in total. The molecule has 0 atom stereocenters. The zero-order valence-corrected chi connectivity index (χ0v) is 18.9. The van der Waals surface area contributed by atoms with E-state index in [-0.39, 0.29) is 17.0 Å². The van der Waals surface area contributed by atoms with Gasteiger partial charge in [0.2, 0.25) is 0 Å². The van der Waals surface area contributed by atoms with E-state index >= 15 is 0 Å². The number of carbonyl (C=O) groups excluding carboxylic acids is 2. The number of nitro groups is 1. The summed E-state index contributed by atoms with van der Waals surface area (Å²) in [4.78, 5) is 38.8. The molecule has 0 bridgehead atoms. The third kappa shape index (κ3) is 4.10. The van der Waals surface area contributed by atoms with Crippen molar-refractivity contribution in [3.8, 4) is 0 Å². The molecule has 3 aromatic rings. The predicted octanol–water partition coefficient (Wildman–Crippen LogP) is 5.57. The molecule has 33 heavy (non-hydrogen) atoms. The van der Waals surface area contributed by atoms with Crippen molar-refractivity contribution in [3.05, 3.63) is 104 Å². The number of hydrogen-bond donors (Lipinski definition) is 1. The van der Waals surface area contributed by atoms with E-state index in [1.807, 2.05) is 32.9 Å². The first kappa shape index (κ1) is 22.2. The van der Waals surface area contributed by atoms with Gasteiger partial charge in [0.25, 0.3) is 17.5 Å². The lowest BCUT2D eigenvalue weighted by atomic mass is 10.0. The molecule has 0 saturated carbocycles. The Bertz CT molecular complexity index is 1350. The average Bonchev–Trinajstić information content (AvgIpc) is 3.00. The second-order valence-corrected chi connectivity index (χ2v) is 8.31. The lowest BCUT2D eigenvalue weighted by molar-refractivity contribution is -0.384. The number of halogens is 1. The van der Waals surface area contributed by atoms with Crippen molar-refractivity contribution in [2.75, 3.05) is 10.2 Å². The average molecular weight is 462 g/mol. The molecule has 4 rings (SSSR count). The summed E-state index contributed by atoms with van der Waals surface area (Å²) in [6.45, 7) is 5.62. The molecule has 0 spiro atoms. The van der Waals surface area contributed by atoms with E-state index in [2.05, 4.69) is 5.32 Å². The first-order valence-corrected chi connectivity index (χ1v) is 10.5. The number of non-ortho nitro benzene ring substituents is 1. The Morgan fingerprint density at radius 2 is 1.58 bits per heavy atom. The molecule has 0 aromatic heterocycles.